The average molecular weight is 354 g/mol. The van der Waals surface area contributed by atoms with Crippen LogP contribution >= 0.6 is 0 Å². The number of aromatic nitrogens is 2. The van der Waals surface area contributed by atoms with E-state index in [1.807, 2.05) is 14.0 Å². The molecule has 1 aliphatic rings. The van der Waals surface area contributed by atoms with Crippen molar-refractivity contribution in [2.45, 2.75) is 25.5 Å². The molecule has 8 nitrogen and oxygen atoms in total. The smallest absolute Gasteiger partial charge is 0.225 e. The Hall–Kier alpha value is -1.64. The van der Waals surface area contributed by atoms with Gasteiger partial charge in [-0.1, -0.05) is 0 Å². The van der Waals surface area contributed by atoms with Crippen molar-refractivity contribution in [2.75, 3.05) is 54.6 Å². The highest BCUT2D eigenvalue weighted by Crippen LogP contribution is 2.28. The maximum atomic E-state index is 12.3. The van der Waals surface area contributed by atoms with Crippen molar-refractivity contribution in [1.29, 1.82) is 0 Å². The van der Waals surface area contributed by atoms with E-state index in [0.29, 0.717) is 32.7 Å². The summed E-state index contributed by atoms with van der Waals surface area (Å²) >= 11 is 0. The molecule has 25 heavy (non-hydrogen) atoms. The first-order chi connectivity index (χ1) is 11.8. The monoisotopic (exact) mass is 354 g/mol. The first kappa shape index (κ1) is 19.7. The molecule has 0 saturated carbocycles. The van der Waals surface area contributed by atoms with E-state index in [1.54, 1.807) is 37.9 Å². The summed E-state index contributed by atoms with van der Waals surface area (Å²) in [6.07, 6.45) is 0.299. The van der Waals surface area contributed by atoms with Crippen LogP contribution in [0.1, 0.15) is 17.7 Å². The molecule has 1 saturated heterocycles. The molecule has 1 amide bonds. The number of hydrogen-bond acceptors (Lipinski definition) is 6. The Labute approximate surface area is 149 Å². The lowest BCUT2D eigenvalue weighted by atomic mass is 9.96. The summed E-state index contributed by atoms with van der Waals surface area (Å²) in [7, 11) is 8.68. The number of amides is 1. The Morgan fingerprint density at radius 3 is 2.72 bits per heavy atom. The van der Waals surface area contributed by atoms with Crippen LogP contribution in [0.4, 0.5) is 0 Å². The molecule has 0 N–H and O–H groups in total. The number of carbonyl (C=O) groups is 1. The van der Waals surface area contributed by atoms with Crippen LogP contribution in [0.25, 0.3) is 0 Å². The van der Waals surface area contributed by atoms with Crippen molar-refractivity contribution in [3.63, 3.8) is 0 Å². The normalized spacial score (nSPS) is 21.4. The van der Waals surface area contributed by atoms with E-state index in [9.17, 15) is 4.79 Å². The molecule has 1 aliphatic heterocycles. The van der Waals surface area contributed by atoms with Gasteiger partial charge < -0.3 is 19.1 Å². The maximum Gasteiger partial charge on any atom is 0.225 e. The summed E-state index contributed by atoms with van der Waals surface area (Å²) < 4.78 is 18.6. The summed E-state index contributed by atoms with van der Waals surface area (Å²) in [5.74, 6) is 0.805. The van der Waals surface area contributed by atoms with Crippen LogP contribution in [0.2, 0.25) is 0 Å². The van der Waals surface area contributed by atoms with Crippen molar-refractivity contribution in [3.8, 4) is 5.88 Å². The van der Waals surface area contributed by atoms with Gasteiger partial charge in [0.05, 0.1) is 38.0 Å². The van der Waals surface area contributed by atoms with Gasteiger partial charge in [0.2, 0.25) is 11.8 Å². The predicted molar refractivity (Wildman–Crippen MR) is 93.6 cm³/mol. The number of carbonyl (C=O) groups excluding carboxylic acids is 1. The van der Waals surface area contributed by atoms with Crippen LogP contribution in [0, 0.1) is 6.92 Å². The van der Waals surface area contributed by atoms with E-state index >= 15 is 0 Å². The number of nitrogens with zero attached hydrogens (tertiary/aromatic N) is 4. The second-order valence-corrected chi connectivity index (χ2v) is 6.84. The van der Waals surface area contributed by atoms with Crippen LogP contribution in [0.5, 0.6) is 5.88 Å². The van der Waals surface area contributed by atoms with Gasteiger partial charge >= 0.3 is 0 Å². The lowest BCUT2D eigenvalue weighted by Gasteiger charge is -2.42. The van der Waals surface area contributed by atoms with Gasteiger partial charge in [0.1, 0.15) is 5.60 Å². The number of hydrogen-bond donors (Lipinski definition) is 0. The molecule has 2 heterocycles. The van der Waals surface area contributed by atoms with Crippen molar-refractivity contribution < 1.29 is 19.0 Å². The van der Waals surface area contributed by atoms with Crippen LogP contribution in [0.15, 0.2) is 0 Å². The highest BCUT2D eigenvalue weighted by atomic mass is 16.5. The van der Waals surface area contributed by atoms with E-state index in [1.165, 1.54) is 0 Å². The molecule has 8 heteroatoms. The zero-order chi connectivity index (χ0) is 18.6. The van der Waals surface area contributed by atoms with Gasteiger partial charge in [0.25, 0.3) is 0 Å². The first-order valence-electron chi connectivity index (χ1n) is 8.44. The van der Waals surface area contributed by atoms with E-state index in [4.69, 9.17) is 14.2 Å². The number of methoxy groups -OCH3 is 2. The minimum absolute atomic E-state index is 0.0361. The van der Waals surface area contributed by atoms with Gasteiger partial charge in [-0.05, 0) is 6.92 Å². The SMILES string of the molecule is COC[C@@]1(CC(=O)N(C)C)CN(Cc2c(C)nn(C)c2OC)CCO1. The Balaban J connectivity index is 2.16. The van der Waals surface area contributed by atoms with Crippen LogP contribution < -0.4 is 4.74 Å². The fourth-order valence-corrected chi connectivity index (χ4v) is 3.34. The molecule has 0 spiro atoms. The molecule has 0 unspecified atom stereocenters. The van der Waals surface area contributed by atoms with Crippen molar-refractivity contribution in [3.05, 3.63) is 11.3 Å². The van der Waals surface area contributed by atoms with Crippen molar-refractivity contribution in [1.82, 2.24) is 19.6 Å². The number of rotatable bonds is 7. The standard InChI is InChI=1S/C17H30N4O4/c1-13-14(16(24-6)20(4)18-13)10-21-7-8-25-17(11-21,12-23-5)9-15(22)19(2)3/h7-12H2,1-6H3/t17-/m1/s1. The Bertz CT molecular complexity index is 598. The Kier molecular flexibility index (Phi) is 6.42. The third-order valence-electron chi connectivity index (χ3n) is 4.57. The highest BCUT2D eigenvalue weighted by molar-refractivity contribution is 5.76. The maximum absolute atomic E-state index is 12.3. The summed E-state index contributed by atoms with van der Waals surface area (Å²) in [5, 5.41) is 4.44. The molecule has 1 atom stereocenters. The molecule has 0 radical (unpaired) electrons. The molecule has 0 aliphatic carbocycles. The van der Waals surface area contributed by atoms with E-state index < -0.39 is 5.60 Å². The summed E-state index contributed by atoms with van der Waals surface area (Å²) in [4.78, 5) is 16.1. The summed E-state index contributed by atoms with van der Waals surface area (Å²) in [6, 6.07) is 0. The molecule has 2 rings (SSSR count). The van der Waals surface area contributed by atoms with Gasteiger partial charge in [-0.3, -0.25) is 9.69 Å². The fourth-order valence-electron chi connectivity index (χ4n) is 3.34. The van der Waals surface area contributed by atoms with Crippen LogP contribution in [0.3, 0.4) is 0 Å². The van der Waals surface area contributed by atoms with Gasteiger partial charge in [0.15, 0.2) is 0 Å². The predicted octanol–water partition coefficient (Wildman–Crippen LogP) is 0.433. The largest absolute Gasteiger partial charge is 0.481 e. The Morgan fingerprint density at radius 2 is 2.12 bits per heavy atom. The third kappa shape index (κ3) is 4.50. The molecule has 1 aromatic heterocycles. The molecular formula is C17H30N4O4. The molecular weight excluding hydrogens is 324 g/mol. The molecule has 1 aromatic rings. The van der Waals surface area contributed by atoms with E-state index in [-0.39, 0.29) is 5.91 Å². The summed E-state index contributed by atoms with van der Waals surface area (Å²) in [6.45, 7) is 5.04. The minimum Gasteiger partial charge on any atom is -0.481 e. The highest BCUT2D eigenvalue weighted by Gasteiger charge is 2.39. The number of ether oxygens (including phenoxy) is 3. The van der Waals surface area contributed by atoms with E-state index in [2.05, 4.69) is 10.00 Å². The topological polar surface area (TPSA) is 69.1 Å². The first-order valence-corrected chi connectivity index (χ1v) is 8.44. The minimum atomic E-state index is -0.627. The zero-order valence-electron chi connectivity index (χ0n) is 16.2. The van der Waals surface area contributed by atoms with Gasteiger partial charge in [-0.25, -0.2) is 4.68 Å². The second-order valence-electron chi connectivity index (χ2n) is 6.84. The lowest BCUT2D eigenvalue weighted by Crippen LogP contribution is -2.55. The molecule has 0 bridgehead atoms. The molecule has 0 aromatic carbocycles. The van der Waals surface area contributed by atoms with Crippen LogP contribution in [-0.2, 0) is 27.9 Å². The quantitative estimate of drug-likeness (QED) is 0.707. The van der Waals surface area contributed by atoms with Crippen molar-refractivity contribution >= 4 is 5.91 Å². The van der Waals surface area contributed by atoms with Gasteiger partial charge in [-0.2, -0.15) is 5.10 Å². The number of aryl methyl sites for hydroxylation is 2. The average Bonchev–Trinajstić information content (AvgIpc) is 2.80. The van der Waals surface area contributed by atoms with Gasteiger partial charge in [0, 0.05) is 47.9 Å². The summed E-state index contributed by atoms with van der Waals surface area (Å²) in [5.41, 5.74) is 1.39. The molecule has 142 valence electrons. The molecule has 1 fully saturated rings. The fraction of sp³-hybridized carbons (Fsp3) is 0.765. The van der Waals surface area contributed by atoms with Crippen LogP contribution in [-0.4, -0.2) is 85.7 Å². The lowest BCUT2D eigenvalue weighted by molar-refractivity contribution is -0.160. The zero-order valence-corrected chi connectivity index (χ0v) is 16.2. The van der Waals surface area contributed by atoms with E-state index in [0.717, 1.165) is 23.7 Å². The van der Waals surface area contributed by atoms with Crippen molar-refractivity contribution in [2.24, 2.45) is 7.05 Å². The second kappa shape index (κ2) is 8.16. The number of morpholine rings is 1. The van der Waals surface area contributed by atoms with Gasteiger partial charge in [-0.15, -0.1) is 0 Å². The Morgan fingerprint density at radius 1 is 1.40 bits per heavy atom. The third-order valence-corrected chi connectivity index (χ3v) is 4.57.